The molecule has 1 saturated carbocycles. The van der Waals surface area contributed by atoms with Gasteiger partial charge in [0.05, 0.1) is 23.6 Å². The van der Waals surface area contributed by atoms with E-state index in [0.29, 0.717) is 43.1 Å². The predicted molar refractivity (Wildman–Crippen MR) is 182 cm³/mol. The highest BCUT2D eigenvalue weighted by atomic mass is 35.5. The van der Waals surface area contributed by atoms with Crippen LogP contribution in [-0.2, 0) is 12.8 Å². The molecule has 3 aromatic carbocycles. The van der Waals surface area contributed by atoms with Gasteiger partial charge in [0.2, 0.25) is 0 Å². The summed E-state index contributed by atoms with van der Waals surface area (Å²) in [5, 5.41) is 22.3. The highest BCUT2D eigenvalue weighted by molar-refractivity contribution is 8.25. The largest absolute Gasteiger partial charge is 0.390 e. The SMILES string of the molecule is CCNc1cc(C(=O)NC(Cc2ccccc2)C(O)CNC2(Cc3cccc(Cl)c3)CCC2)cc(N2CCCCS2(O)O)c1. The Labute approximate surface area is 267 Å². The van der Waals surface area contributed by atoms with Gasteiger partial charge in [0.25, 0.3) is 5.91 Å². The van der Waals surface area contributed by atoms with Gasteiger partial charge in [0.15, 0.2) is 0 Å². The molecular formula is C34H45ClN4O4S. The van der Waals surface area contributed by atoms with E-state index in [0.717, 1.165) is 60.4 Å². The Kier molecular flexibility index (Phi) is 10.8. The average Bonchev–Trinajstić information content (AvgIpc) is 2.98. The first-order chi connectivity index (χ1) is 21.2. The van der Waals surface area contributed by atoms with E-state index in [1.54, 1.807) is 16.4 Å². The molecule has 0 radical (unpaired) electrons. The lowest BCUT2D eigenvalue weighted by Crippen LogP contribution is -2.57. The van der Waals surface area contributed by atoms with Crippen LogP contribution in [-0.4, -0.2) is 63.2 Å². The summed E-state index contributed by atoms with van der Waals surface area (Å²) in [4.78, 5) is 13.8. The molecular weight excluding hydrogens is 596 g/mol. The van der Waals surface area contributed by atoms with Gasteiger partial charge in [0, 0.05) is 41.4 Å². The van der Waals surface area contributed by atoms with E-state index >= 15 is 0 Å². The summed E-state index contributed by atoms with van der Waals surface area (Å²) in [6.45, 7) is 3.47. The Morgan fingerprint density at radius 3 is 2.45 bits per heavy atom. The van der Waals surface area contributed by atoms with E-state index in [4.69, 9.17) is 11.6 Å². The summed E-state index contributed by atoms with van der Waals surface area (Å²) in [5.41, 5.74) is 3.79. The minimum atomic E-state index is -2.95. The lowest BCUT2D eigenvalue weighted by atomic mass is 9.72. The number of nitrogens with one attached hydrogen (secondary N) is 3. The fraction of sp³-hybridized carbons (Fsp3) is 0.441. The van der Waals surface area contributed by atoms with Crippen molar-refractivity contribution in [2.75, 3.05) is 35.0 Å². The van der Waals surface area contributed by atoms with Crippen molar-refractivity contribution in [2.45, 2.75) is 69.6 Å². The van der Waals surface area contributed by atoms with E-state index < -0.39 is 22.9 Å². The molecule has 1 saturated heterocycles. The summed E-state index contributed by atoms with van der Waals surface area (Å²) in [6.07, 6.45) is 5.19. The summed E-state index contributed by atoms with van der Waals surface area (Å²) < 4.78 is 23.2. The Morgan fingerprint density at radius 2 is 1.77 bits per heavy atom. The number of aliphatic hydroxyl groups is 1. The van der Waals surface area contributed by atoms with E-state index in [1.807, 2.05) is 61.5 Å². The second kappa shape index (κ2) is 14.5. The molecule has 6 N–H and O–H groups in total. The van der Waals surface area contributed by atoms with Crippen LogP contribution < -0.4 is 20.3 Å². The lowest BCUT2D eigenvalue weighted by Gasteiger charge is -2.47. The summed E-state index contributed by atoms with van der Waals surface area (Å²) >= 11 is 6.24. The van der Waals surface area contributed by atoms with Gasteiger partial charge < -0.3 is 21.1 Å². The molecule has 1 aliphatic heterocycles. The zero-order chi connectivity index (χ0) is 31.2. The zero-order valence-electron chi connectivity index (χ0n) is 25.3. The summed E-state index contributed by atoms with van der Waals surface area (Å²) in [7, 11) is -2.95. The standard InChI is InChI=1S/C34H45ClN4O4S/c1-2-36-29-20-27(21-30(22-29)39-16-6-7-17-44(39,42)43)33(41)38-31(19-25-10-4-3-5-11-25)32(40)24-37-34(14-9-15-34)23-26-12-8-13-28(35)18-26/h3-5,8,10-13,18,20-22,31-32,36-37,40,42-43H,2,6-7,9,14-17,19,23-24H2,1H3,(H,38,41). The van der Waals surface area contributed by atoms with Crippen LogP contribution in [0.1, 0.15) is 60.5 Å². The van der Waals surface area contributed by atoms with Crippen LogP contribution >= 0.6 is 22.4 Å². The van der Waals surface area contributed by atoms with Crippen molar-refractivity contribution in [3.05, 3.63) is 94.5 Å². The van der Waals surface area contributed by atoms with E-state index in [2.05, 4.69) is 22.0 Å². The zero-order valence-corrected chi connectivity index (χ0v) is 26.9. The topological polar surface area (TPSA) is 117 Å². The number of nitrogens with zero attached hydrogens (tertiary/aromatic N) is 1. The molecule has 0 aromatic heterocycles. The number of halogens is 1. The highest BCUT2D eigenvalue weighted by Gasteiger charge is 2.38. The van der Waals surface area contributed by atoms with Crippen molar-refractivity contribution in [1.29, 1.82) is 0 Å². The molecule has 8 nitrogen and oxygen atoms in total. The minimum absolute atomic E-state index is 0.111. The van der Waals surface area contributed by atoms with Crippen molar-refractivity contribution in [3.8, 4) is 0 Å². The number of carbonyl (C=O) groups is 1. The molecule has 1 heterocycles. The van der Waals surface area contributed by atoms with Crippen LogP contribution in [0.4, 0.5) is 11.4 Å². The van der Waals surface area contributed by atoms with E-state index in [-0.39, 0.29) is 11.4 Å². The predicted octanol–water partition coefficient (Wildman–Crippen LogP) is 6.49. The molecule has 2 atom stereocenters. The Morgan fingerprint density at radius 1 is 1.00 bits per heavy atom. The third-order valence-electron chi connectivity index (χ3n) is 8.74. The maximum absolute atomic E-state index is 13.8. The quantitative estimate of drug-likeness (QED) is 0.126. The monoisotopic (exact) mass is 640 g/mol. The van der Waals surface area contributed by atoms with Gasteiger partial charge >= 0.3 is 0 Å². The number of anilines is 2. The van der Waals surface area contributed by atoms with Crippen LogP contribution in [0.2, 0.25) is 5.02 Å². The molecule has 0 bridgehead atoms. The number of hydrogen-bond donors (Lipinski definition) is 6. The van der Waals surface area contributed by atoms with Crippen LogP contribution in [0.5, 0.6) is 0 Å². The van der Waals surface area contributed by atoms with Gasteiger partial charge in [-0.25, -0.2) is 0 Å². The average molecular weight is 641 g/mol. The maximum Gasteiger partial charge on any atom is 0.251 e. The molecule has 2 aliphatic rings. The number of benzene rings is 3. The maximum atomic E-state index is 13.8. The Hall–Kier alpha value is -2.79. The van der Waals surface area contributed by atoms with Crippen LogP contribution in [0, 0.1) is 0 Å². The van der Waals surface area contributed by atoms with Gasteiger partial charge in [-0.15, -0.1) is 10.8 Å². The molecule has 0 spiro atoms. The number of aliphatic hydroxyl groups excluding tert-OH is 1. The second-order valence-corrected chi connectivity index (χ2v) is 14.7. The van der Waals surface area contributed by atoms with Crippen LogP contribution in [0.25, 0.3) is 0 Å². The Balaban J connectivity index is 1.34. The van der Waals surface area contributed by atoms with Crippen molar-refractivity contribution in [2.24, 2.45) is 0 Å². The molecule has 1 aliphatic carbocycles. The van der Waals surface area contributed by atoms with Crippen LogP contribution in [0.3, 0.4) is 0 Å². The van der Waals surface area contributed by atoms with Gasteiger partial charge in [-0.1, -0.05) is 54.1 Å². The molecule has 44 heavy (non-hydrogen) atoms. The van der Waals surface area contributed by atoms with E-state index in [1.165, 1.54) is 0 Å². The van der Waals surface area contributed by atoms with Gasteiger partial charge in [-0.3, -0.25) is 18.2 Å². The van der Waals surface area contributed by atoms with Crippen molar-refractivity contribution in [3.63, 3.8) is 0 Å². The van der Waals surface area contributed by atoms with Crippen LogP contribution in [0.15, 0.2) is 72.8 Å². The molecule has 2 unspecified atom stereocenters. The van der Waals surface area contributed by atoms with Crippen molar-refractivity contribution < 1.29 is 19.0 Å². The first-order valence-corrected chi connectivity index (χ1v) is 17.7. The number of amides is 1. The van der Waals surface area contributed by atoms with Crippen molar-refractivity contribution >= 4 is 39.7 Å². The fourth-order valence-corrected chi connectivity index (χ4v) is 8.11. The highest BCUT2D eigenvalue weighted by Crippen LogP contribution is 2.50. The summed E-state index contributed by atoms with van der Waals surface area (Å²) in [6, 6.07) is 22.6. The number of carbonyl (C=O) groups excluding carboxylic acids is 1. The smallest absolute Gasteiger partial charge is 0.251 e. The molecule has 2 fully saturated rings. The minimum Gasteiger partial charge on any atom is -0.390 e. The van der Waals surface area contributed by atoms with E-state index in [9.17, 15) is 19.0 Å². The third-order valence-corrected chi connectivity index (χ3v) is 10.9. The first kappa shape index (κ1) is 32.6. The van der Waals surface area contributed by atoms with Gasteiger partial charge in [-0.05, 0) is 93.3 Å². The first-order valence-electron chi connectivity index (χ1n) is 15.6. The molecule has 10 heteroatoms. The van der Waals surface area contributed by atoms with Crippen molar-refractivity contribution in [1.82, 2.24) is 10.6 Å². The normalized spacial score (nSPS) is 19.3. The van der Waals surface area contributed by atoms with Gasteiger partial charge in [0.1, 0.15) is 0 Å². The molecule has 3 aromatic rings. The molecule has 1 amide bonds. The number of β-amino-alcohol motifs (C(OH)–C–C–N with tert-alkyl or cyclic N) is 1. The molecule has 5 rings (SSSR count). The third kappa shape index (κ3) is 8.27. The Bertz CT molecular complexity index is 1410. The molecule has 238 valence electrons. The van der Waals surface area contributed by atoms with Gasteiger partial charge in [-0.2, -0.15) is 0 Å². The fourth-order valence-electron chi connectivity index (χ4n) is 6.22. The lowest BCUT2D eigenvalue weighted by molar-refractivity contribution is 0.0760. The summed E-state index contributed by atoms with van der Waals surface area (Å²) in [5.74, 6) is -0.00587. The second-order valence-electron chi connectivity index (χ2n) is 12.1. The number of rotatable bonds is 13. The number of hydrogen-bond acceptors (Lipinski definition) is 7.